The molecule has 2 saturated heterocycles. The van der Waals surface area contributed by atoms with Gasteiger partial charge < -0.3 is 29.2 Å². The number of fused-ring (bicyclic) bond motifs is 2. The molecule has 1 saturated carbocycles. The van der Waals surface area contributed by atoms with E-state index in [0.717, 1.165) is 0 Å². The van der Waals surface area contributed by atoms with Crippen LogP contribution in [0.2, 0.25) is 0 Å². The van der Waals surface area contributed by atoms with Crippen molar-refractivity contribution in [3.05, 3.63) is 12.2 Å². The van der Waals surface area contributed by atoms with E-state index in [2.05, 4.69) is 6.58 Å². The molecule has 1 aliphatic carbocycles. The molecule has 0 unspecified atom stereocenters. The number of aliphatic hydroxyl groups excluding tert-OH is 2. The summed E-state index contributed by atoms with van der Waals surface area (Å²) in [5, 5.41) is 21.7. The molecule has 3 rings (SSSR count). The normalized spacial score (nSPS) is 43.2. The fourth-order valence-electron chi connectivity index (χ4n) is 4.62. The lowest BCUT2D eigenvalue weighted by Gasteiger charge is -2.38. The first-order valence-corrected chi connectivity index (χ1v) is 10.7. The van der Waals surface area contributed by atoms with Crippen molar-refractivity contribution in [1.82, 2.24) is 0 Å². The molecule has 0 aromatic rings. The Hall–Kier alpha value is -1.97. The van der Waals surface area contributed by atoms with E-state index in [-0.39, 0.29) is 12.0 Å². The van der Waals surface area contributed by atoms with Gasteiger partial charge in [0.1, 0.15) is 36.1 Å². The van der Waals surface area contributed by atoms with Crippen LogP contribution in [-0.2, 0) is 33.3 Å². The Morgan fingerprint density at radius 3 is 2.52 bits per heavy atom. The summed E-state index contributed by atoms with van der Waals surface area (Å²) in [5.41, 5.74) is -1.11. The number of carbonyl (C=O) groups excluding carboxylic acids is 3. The van der Waals surface area contributed by atoms with E-state index in [1.165, 1.54) is 6.92 Å². The lowest BCUT2D eigenvalue weighted by atomic mass is 9.76. The minimum absolute atomic E-state index is 0.0253. The third-order valence-corrected chi connectivity index (χ3v) is 6.82. The number of esters is 3. The van der Waals surface area contributed by atoms with Gasteiger partial charge in [0, 0.05) is 12.5 Å². The monoisotopic (exact) mass is 440 g/mol. The molecule has 10 atom stereocenters. The molecule has 2 N–H and O–H groups in total. The fraction of sp³-hybridized carbons (Fsp3) is 0.773. The minimum Gasteiger partial charge on any atom is -0.458 e. The number of ether oxygens (including phenoxy) is 4. The van der Waals surface area contributed by atoms with Crippen LogP contribution in [0.3, 0.4) is 0 Å². The number of hydrogen-bond donors (Lipinski definition) is 2. The predicted octanol–water partition coefficient (Wildman–Crippen LogP) is 0.893. The first-order chi connectivity index (χ1) is 14.4. The molecule has 0 bridgehead atoms. The lowest BCUT2D eigenvalue weighted by molar-refractivity contribution is -0.184. The molecule has 174 valence electrons. The Labute approximate surface area is 181 Å². The molecule has 2 aliphatic heterocycles. The van der Waals surface area contributed by atoms with Crippen molar-refractivity contribution in [2.45, 2.75) is 89.7 Å². The van der Waals surface area contributed by atoms with Gasteiger partial charge in [-0.2, -0.15) is 0 Å². The van der Waals surface area contributed by atoms with Gasteiger partial charge in [-0.05, 0) is 25.7 Å². The molecule has 0 radical (unpaired) electrons. The largest absolute Gasteiger partial charge is 0.458 e. The van der Waals surface area contributed by atoms with Crippen LogP contribution in [0.25, 0.3) is 0 Å². The van der Waals surface area contributed by atoms with E-state index in [4.69, 9.17) is 18.9 Å². The average Bonchev–Trinajstić information content (AvgIpc) is 3.32. The van der Waals surface area contributed by atoms with Crippen molar-refractivity contribution in [2.24, 2.45) is 17.8 Å². The van der Waals surface area contributed by atoms with Gasteiger partial charge in [-0.15, -0.1) is 0 Å². The zero-order valence-corrected chi connectivity index (χ0v) is 18.6. The highest BCUT2D eigenvalue weighted by Gasteiger charge is 2.67. The van der Waals surface area contributed by atoms with Crippen LogP contribution in [0.4, 0.5) is 0 Å². The Morgan fingerprint density at radius 2 is 1.94 bits per heavy atom. The summed E-state index contributed by atoms with van der Waals surface area (Å²) in [5.74, 6) is -3.69. The Kier molecular flexibility index (Phi) is 6.51. The van der Waals surface area contributed by atoms with Crippen molar-refractivity contribution < 1.29 is 43.5 Å². The van der Waals surface area contributed by atoms with Gasteiger partial charge in [-0.25, -0.2) is 4.79 Å². The molecule has 0 aromatic heterocycles. The summed E-state index contributed by atoms with van der Waals surface area (Å²) < 4.78 is 22.4. The molecule has 31 heavy (non-hydrogen) atoms. The van der Waals surface area contributed by atoms with Crippen LogP contribution in [0.1, 0.15) is 47.5 Å². The quantitative estimate of drug-likeness (QED) is 0.283. The van der Waals surface area contributed by atoms with Crippen molar-refractivity contribution in [3.63, 3.8) is 0 Å². The first kappa shape index (κ1) is 23.7. The SMILES string of the molecule is C=C1C(=O)O[C@H]2[C@H]1[C@@H](OC(=O)[C@@H](C)CC)[C@H](OC(C)=O)[C@H](C)C[C@@H](O)[C@H]1O[C@@]1(C)[C@@H]2O. The molecule has 0 aromatic carbocycles. The van der Waals surface area contributed by atoms with Gasteiger partial charge in [0.05, 0.1) is 17.9 Å². The van der Waals surface area contributed by atoms with Gasteiger partial charge in [-0.1, -0.05) is 27.4 Å². The maximum atomic E-state index is 12.7. The second kappa shape index (κ2) is 8.52. The van der Waals surface area contributed by atoms with Crippen molar-refractivity contribution in [2.75, 3.05) is 0 Å². The predicted molar refractivity (Wildman–Crippen MR) is 106 cm³/mol. The van der Waals surface area contributed by atoms with Crippen LogP contribution in [-0.4, -0.2) is 70.3 Å². The number of epoxide rings is 1. The molecular weight excluding hydrogens is 408 g/mol. The standard InChI is InChI=1S/C22H32O9/c1-7-9(2)20(26)29-16-14-11(4)21(27)30-17(14)18(25)22(6)19(31-22)13(24)8-10(3)15(16)28-12(5)23/h9-10,13-19,24-25H,4,7-8H2,1-3,5-6H3/t9-,10+,13+,14+,15+,16+,17-,18+,19+,22-/m0/s1. The molecular formula is C22H32O9. The van der Waals surface area contributed by atoms with Crippen molar-refractivity contribution in [1.29, 1.82) is 0 Å². The summed E-state index contributed by atoms with van der Waals surface area (Å²) in [6.07, 6.45) is -5.51. The number of hydrogen-bond acceptors (Lipinski definition) is 9. The van der Waals surface area contributed by atoms with Crippen LogP contribution in [0.15, 0.2) is 12.2 Å². The van der Waals surface area contributed by atoms with E-state index in [1.807, 2.05) is 6.92 Å². The summed E-state index contributed by atoms with van der Waals surface area (Å²) >= 11 is 0. The topological polar surface area (TPSA) is 132 Å². The molecule has 0 spiro atoms. The molecule has 9 heteroatoms. The zero-order valence-electron chi connectivity index (χ0n) is 18.6. The second-order valence-corrected chi connectivity index (χ2v) is 9.15. The van der Waals surface area contributed by atoms with Crippen LogP contribution >= 0.6 is 0 Å². The van der Waals surface area contributed by atoms with E-state index < -0.39 is 77.9 Å². The maximum Gasteiger partial charge on any atom is 0.334 e. The van der Waals surface area contributed by atoms with Gasteiger partial charge in [-0.3, -0.25) is 9.59 Å². The van der Waals surface area contributed by atoms with E-state index in [1.54, 1.807) is 20.8 Å². The van der Waals surface area contributed by atoms with Gasteiger partial charge >= 0.3 is 17.9 Å². The zero-order chi connectivity index (χ0) is 23.2. The summed E-state index contributed by atoms with van der Waals surface area (Å²) in [4.78, 5) is 37.1. The molecule has 9 nitrogen and oxygen atoms in total. The number of rotatable bonds is 4. The Morgan fingerprint density at radius 1 is 1.29 bits per heavy atom. The van der Waals surface area contributed by atoms with Gasteiger partial charge in [0.2, 0.25) is 0 Å². The van der Waals surface area contributed by atoms with Crippen LogP contribution in [0.5, 0.6) is 0 Å². The lowest BCUT2D eigenvalue weighted by Crippen LogP contribution is -2.54. The third-order valence-electron chi connectivity index (χ3n) is 6.82. The molecule has 3 aliphatic rings. The van der Waals surface area contributed by atoms with E-state index in [0.29, 0.717) is 6.42 Å². The van der Waals surface area contributed by atoms with E-state index in [9.17, 15) is 24.6 Å². The van der Waals surface area contributed by atoms with Gasteiger partial charge in [0.25, 0.3) is 0 Å². The minimum atomic E-state index is -1.31. The maximum absolute atomic E-state index is 12.7. The van der Waals surface area contributed by atoms with Crippen LogP contribution in [0, 0.1) is 17.8 Å². The second-order valence-electron chi connectivity index (χ2n) is 9.15. The molecule has 2 heterocycles. The number of carbonyl (C=O) groups is 3. The first-order valence-electron chi connectivity index (χ1n) is 10.7. The third kappa shape index (κ3) is 4.23. The molecule has 0 amide bonds. The van der Waals surface area contributed by atoms with E-state index >= 15 is 0 Å². The highest BCUT2D eigenvalue weighted by molar-refractivity contribution is 5.91. The van der Waals surface area contributed by atoms with Crippen molar-refractivity contribution >= 4 is 17.9 Å². The van der Waals surface area contributed by atoms with Crippen molar-refractivity contribution in [3.8, 4) is 0 Å². The summed E-state index contributed by atoms with van der Waals surface area (Å²) in [6.45, 7) is 12.0. The van der Waals surface area contributed by atoms with Crippen LogP contribution < -0.4 is 0 Å². The summed E-state index contributed by atoms with van der Waals surface area (Å²) in [7, 11) is 0. The molecule has 3 fully saturated rings. The summed E-state index contributed by atoms with van der Waals surface area (Å²) in [6, 6.07) is 0. The van der Waals surface area contributed by atoms with Gasteiger partial charge in [0.15, 0.2) is 0 Å². The smallest absolute Gasteiger partial charge is 0.334 e. The Balaban J connectivity index is 2.08. The number of aliphatic hydroxyl groups is 2. The Bertz CT molecular complexity index is 764. The highest BCUT2D eigenvalue weighted by atomic mass is 16.6. The highest BCUT2D eigenvalue weighted by Crippen LogP contribution is 2.49. The average molecular weight is 440 g/mol. The fourth-order valence-corrected chi connectivity index (χ4v) is 4.62.